The van der Waals surface area contributed by atoms with Gasteiger partial charge < -0.3 is 20.1 Å². The first-order chi connectivity index (χ1) is 4.59. The molecule has 0 aromatic rings. The molecule has 1 saturated heterocycles. The minimum atomic E-state index is -2.85. The molecule has 1 aliphatic rings. The largest absolute Gasteiger partial charge is 0.393 e. The zero-order valence-corrected chi connectivity index (χ0v) is 5.07. The van der Waals surface area contributed by atoms with Gasteiger partial charge in [-0.2, -0.15) is 0 Å². The maximum atomic E-state index is 12.7. The van der Waals surface area contributed by atoms with Gasteiger partial charge in [-0.15, -0.1) is 0 Å². The van der Waals surface area contributed by atoms with E-state index in [1.165, 1.54) is 0 Å². The number of ether oxygens (including phenoxy) is 1. The lowest BCUT2D eigenvalue weighted by Gasteiger charge is -2.19. The molecule has 1 rings (SSSR count). The number of rotatable bonds is 1. The molecule has 5 heteroatoms. The number of aliphatic hydroxyl groups is 3. The van der Waals surface area contributed by atoms with Gasteiger partial charge in [0.2, 0.25) is 0 Å². The first kappa shape index (κ1) is 7.87. The molecule has 0 unspecified atom stereocenters. The molecule has 0 spiro atoms. The fourth-order valence-electron chi connectivity index (χ4n) is 0.722. The van der Waals surface area contributed by atoms with Crippen LogP contribution in [0.3, 0.4) is 0 Å². The molecule has 3 N–H and O–H groups in total. The highest BCUT2D eigenvalue weighted by Gasteiger charge is 2.50. The molecule has 0 aromatic heterocycles. The molecular formula is C5H8FO4. The van der Waals surface area contributed by atoms with Crippen LogP contribution in [0.25, 0.3) is 0 Å². The summed E-state index contributed by atoms with van der Waals surface area (Å²) in [4.78, 5) is 0. The van der Waals surface area contributed by atoms with Gasteiger partial charge in [-0.3, -0.25) is 0 Å². The number of aliphatic hydroxyl groups excluding tert-OH is 2. The number of halogens is 1. The Kier molecular flexibility index (Phi) is 1.91. The first-order valence-corrected chi connectivity index (χ1v) is 2.78. The first-order valence-electron chi connectivity index (χ1n) is 2.78. The SMILES string of the molecule is OC[C@H]1O[CH][C@@H](O)[C@@]1(O)F. The Hall–Kier alpha value is -0.230. The molecule has 0 aromatic carbocycles. The summed E-state index contributed by atoms with van der Waals surface area (Å²) < 4.78 is 17.0. The second-order valence-corrected chi connectivity index (χ2v) is 2.12. The van der Waals surface area contributed by atoms with Gasteiger partial charge in [0.05, 0.1) is 6.61 Å². The Bertz CT molecular complexity index is 127. The molecule has 0 amide bonds. The van der Waals surface area contributed by atoms with E-state index >= 15 is 0 Å². The molecule has 1 fully saturated rings. The Labute approximate surface area is 56.9 Å². The van der Waals surface area contributed by atoms with Crippen molar-refractivity contribution < 1.29 is 24.4 Å². The van der Waals surface area contributed by atoms with Crippen LogP contribution in [-0.4, -0.2) is 40.0 Å². The minimum absolute atomic E-state index is 0.666. The second-order valence-electron chi connectivity index (χ2n) is 2.12. The average Bonchev–Trinajstić information content (AvgIpc) is 2.10. The van der Waals surface area contributed by atoms with Crippen LogP contribution in [0.5, 0.6) is 0 Å². The van der Waals surface area contributed by atoms with Crippen molar-refractivity contribution in [1.29, 1.82) is 0 Å². The zero-order valence-electron chi connectivity index (χ0n) is 5.07. The monoisotopic (exact) mass is 151 g/mol. The lowest BCUT2D eigenvalue weighted by molar-refractivity contribution is -0.181. The van der Waals surface area contributed by atoms with Crippen LogP contribution < -0.4 is 0 Å². The van der Waals surface area contributed by atoms with Crippen molar-refractivity contribution in [2.24, 2.45) is 0 Å². The van der Waals surface area contributed by atoms with Crippen LogP contribution in [0.15, 0.2) is 0 Å². The van der Waals surface area contributed by atoms with Crippen molar-refractivity contribution in [3.05, 3.63) is 6.61 Å². The van der Waals surface area contributed by atoms with Crippen LogP contribution in [0.4, 0.5) is 4.39 Å². The van der Waals surface area contributed by atoms with Crippen molar-refractivity contribution >= 4 is 0 Å². The molecule has 10 heavy (non-hydrogen) atoms. The van der Waals surface area contributed by atoms with Crippen LogP contribution in [0, 0.1) is 6.61 Å². The third-order valence-corrected chi connectivity index (χ3v) is 1.40. The lowest BCUT2D eigenvalue weighted by Crippen LogP contribution is -2.43. The van der Waals surface area contributed by atoms with Gasteiger partial charge >= 0.3 is 0 Å². The van der Waals surface area contributed by atoms with E-state index in [0.717, 1.165) is 6.61 Å². The smallest absolute Gasteiger partial charge is 0.264 e. The topological polar surface area (TPSA) is 69.9 Å². The second kappa shape index (κ2) is 2.43. The average molecular weight is 151 g/mol. The van der Waals surface area contributed by atoms with Crippen molar-refractivity contribution in [3.63, 3.8) is 0 Å². The fourth-order valence-corrected chi connectivity index (χ4v) is 0.722. The Balaban J connectivity index is 2.64. The van der Waals surface area contributed by atoms with Crippen LogP contribution in [0.1, 0.15) is 0 Å². The number of hydrogen-bond donors (Lipinski definition) is 3. The summed E-state index contributed by atoms with van der Waals surface area (Å²) in [6.07, 6.45) is -3.05. The van der Waals surface area contributed by atoms with E-state index < -0.39 is 24.7 Å². The summed E-state index contributed by atoms with van der Waals surface area (Å²) in [5.74, 6) is -2.85. The number of hydrogen-bond acceptors (Lipinski definition) is 4. The predicted molar refractivity (Wildman–Crippen MR) is 28.3 cm³/mol. The van der Waals surface area contributed by atoms with E-state index in [4.69, 9.17) is 15.3 Å². The maximum Gasteiger partial charge on any atom is 0.264 e. The fraction of sp³-hybridized carbons (Fsp3) is 0.800. The Morgan fingerprint density at radius 2 is 2.30 bits per heavy atom. The summed E-state index contributed by atoms with van der Waals surface area (Å²) in [7, 11) is 0. The highest BCUT2D eigenvalue weighted by Crippen LogP contribution is 2.29. The van der Waals surface area contributed by atoms with E-state index in [9.17, 15) is 4.39 Å². The lowest BCUT2D eigenvalue weighted by atomic mass is 10.1. The van der Waals surface area contributed by atoms with E-state index in [0.29, 0.717) is 0 Å². The third kappa shape index (κ3) is 1.01. The summed E-state index contributed by atoms with van der Waals surface area (Å²) in [5, 5.41) is 25.7. The van der Waals surface area contributed by atoms with E-state index in [-0.39, 0.29) is 0 Å². The molecule has 0 bridgehead atoms. The van der Waals surface area contributed by atoms with Gasteiger partial charge in [-0.05, 0) is 0 Å². The normalized spacial score (nSPS) is 48.0. The summed E-state index contributed by atoms with van der Waals surface area (Å²) in [5.41, 5.74) is 0. The minimum Gasteiger partial charge on any atom is -0.393 e. The summed E-state index contributed by atoms with van der Waals surface area (Å²) >= 11 is 0. The summed E-state index contributed by atoms with van der Waals surface area (Å²) in [6.45, 7) is 0.0848. The number of alkyl halides is 1. The van der Waals surface area contributed by atoms with Gasteiger partial charge in [0.1, 0.15) is 18.8 Å². The predicted octanol–water partition coefficient (Wildman–Crippen LogP) is -1.44. The summed E-state index contributed by atoms with van der Waals surface area (Å²) in [6, 6.07) is 0. The van der Waals surface area contributed by atoms with Gasteiger partial charge in [-0.1, -0.05) is 0 Å². The van der Waals surface area contributed by atoms with Gasteiger partial charge in [0.25, 0.3) is 5.85 Å². The van der Waals surface area contributed by atoms with Crippen molar-refractivity contribution in [2.75, 3.05) is 6.61 Å². The van der Waals surface area contributed by atoms with Crippen LogP contribution in [0.2, 0.25) is 0 Å². The van der Waals surface area contributed by atoms with Crippen molar-refractivity contribution in [2.45, 2.75) is 18.1 Å². The third-order valence-electron chi connectivity index (χ3n) is 1.40. The molecule has 3 atom stereocenters. The molecule has 4 nitrogen and oxygen atoms in total. The van der Waals surface area contributed by atoms with Gasteiger partial charge in [0, 0.05) is 0 Å². The highest BCUT2D eigenvalue weighted by atomic mass is 19.2. The Morgan fingerprint density at radius 3 is 2.50 bits per heavy atom. The van der Waals surface area contributed by atoms with Crippen LogP contribution >= 0.6 is 0 Å². The standard InChI is InChI=1S/C5H8FO4/c6-5(9)3(8)2-10-4(5)1-7/h2-4,7-9H,1H2/t3-,4-,5+/m1/s1. The quantitative estimate of drug-likeness (QED) is 0.429. The molecule has 1 aliphatic heterocycles. The van der Waals surface area contributed by atoms with E-state index in [2.05, 4.69) is 4.74 Å². The van der Waals surface area contributed by atoms with E-state index in [1.807, 2.05) is 0 Å². The maximum absolute atomic E-state index is 12.7. The molecule has 0 aliphatic carbocycles. The van der Waals surface area contributed by atoms with Crippen LogP contribution in [-0.2, 0) is 4.74 Å². The van der Waals surface area contributed by atoms with Crippen molar-refractivity contribution in [3.8, 4) is 0 Å². The van der Waals surface area contributed by atoms with Gasteiger partial charge in [-0.25, -0.2) is 4.39 Å². The van der Waals surface area contributed by atoms with E-state index in [1.54, 1.807) is 0 Å². The zero-order chi connectivity index (χ0) is 7.78. The van der Waals surface area contributed by atoms with Gasteiger partial charge in [0.15, 0.2) is 0 Å². The molecular weight excluding hydrogens is 143 g/mol. The highest BCUT2D eigenvalue weighted by molar-refractivity contribution is 4.95. The molecule has 59 valence electrons. The molecule has 1 radical (unpaired) electrons. The van der Waals surface area contributed by atoms with Crippen molar-refractivity contribution in [1.82, 2.24) is 0 Å². The molecule has 1 heterocycles. The Morgan fingerprint density at radius 1 is 1.70 bits per heavy atom. The molecule has 0 saturated carbocycles.